The zero-order valence-corrected chi connectivity index (χ0v) is 15.3. The van der Waals surface area contributed by atoms with Gasteiger partial charge in [-0.15, -0.1) is 0 Å². The number of methoxy groups -OCH3 is 1. The third kappa shape index (κ3) is 3.86. The molecule has 1 amide bonds. The molecule has 6 heteroatoms. The molecular formula is C22H19NO5. The van der Waals surface area contributed by atoms with Crippen molar-refractivity contribution in [2.45, 2.75) is 6.10 Å². The van der Waals surface area contributed by atoms with Gasteiger partial charge in [0.05, 0.1) is 7.11 Å². The van der Waals surface area contributed by atoms with E-state index in [2.05, 4.69) is 5.32 Å². The molecular weight excluding hydrogens is 358 g/mol. The molecule has 1 heterocycles. The predicted octanol–water partition coefficient (Wildman–Crippen LogP) is 4.27. The average molecular weight is 377 g/mol. The highest BCUT2D eigenvalue weighted by Gasteiger charge is 2.27. The molecule has 0 spiro atoms. The molecule has 4 rings (SSSR count). The maximum atomic E-state index is 12.5. The summed E-state index contributed by atoms with van der Waals surface area (Å²) < 4.78 is 22.4. The normalized spacial score (nSPS) is 14.8. The van der Waals surface area contributed by atoms with Gasteiger partial charge in [-0.2, -0.15) is 0 Å². The third-order valence-electron chi connectivity index (χ3n) is 4.22. The van der Waals surface area contributed by atoms with Gasteiger partial charge in [-0.05, 0) is 48.5 Å². The monoisotopic (exact) mass is 377 g/mol. The van der Waals surface area contributed by atoms with Gasteiger partial charge in [0.1, 0.15) is 12.4 Å². The lowest BCUT2D eigenvalue weighted by atomic mass is 10.2. The van der Waals surface area contributed by atoms with Crippen molar-refractivity contribution in [1.29, 1.82) is 0 Å². The number of rotatable bonds is 5. The Morgan fingerprint density at radius 1 is 0.929 bits per heavy atom. The first-order chi connectivity index (χ1) is 13.7. The van der Waals surface area contributed by atoms with E-state index < -0.39 is 6.10 Å². The summed E-state index contributed by atoms with van der Waals surface area (Å²) in [5, 5.41) is 2.83. The van der Waals surface area contributed by atoms with Crippen molar-refractivity contribution in [2.75, 3.05) is 19.0 Å². The van der Waals surface area contributed by atoms with Gasteiger partial charge >= 0.3 is 0 Å². The molecule has 0 saturated heterocycles. The van der Waals surface area contributed by atoms with Crippen molar-refractivity contribution in [3.05, 3.63) is 72.8 Å². The number of carbonyl (C=O) groups is 1. The molecule has 3 aromatic carbocycles. The number of hydrogen-bond donors (Lipinski definition) is 1. The molecule has 1 aliphatic rings. The first-order valence-corrected chi connectivity index (χ1v) is 8.83. The van der Waals surface area contributed by atoms with Gasteiger partial charge in [-0.25, -0.2) is 0 Å². The number of para-hydroxylation sites is 4. The van der Waals surface area contributed by atoms with E-state index in [0.717, 1.165) is 0 Å². The van der Waals surface area contributed by atoms with Crippen molar-refractivity contribution in [2.24, 2.45) is 0 Å². The molecule has 1 unspecified atom stereocenters. The first-order valence-electron chi connectivity index (χ1n) is 8.83. The van der Waals surface area contributed by atoms with E-state index in [-0.39, 0.29) is 12.5 Å². The molecule has 6 nitrogen and oxygen atoms in total. The van der Waals surface area contributed by atoms with Crippen LogP contribution in [0.15, 0.2) is 72.8 Å². The largest absolute Gasteiger partial charge is 0.493 e. The van der Waals surface area contributed by atoms with Gasteiger partial charge in [-0.3, -0.25) is 4.79 Å². The van der Waals surface area contributed by atoms with E-state index in [1.165, 1.54) is 0 Å². The van der Waals surface area contributed by atoms with Crippen molar-refractivity contribution < 1.29 is 23.7 Å². The number of amides is 1. The summed E-state index contributed by atoms with van der Waals surface area (Å²) in [5.41, 5.74) is 0.639. The lowest BCUT2D eigenvalue weighted by molar-refractivity contribution is -0.125. The molecule has 0 aliphatic carbocycles. The quantitative estimate of drug-likeness (QED) is 0.719. The molecule has 3 aromatic rings. The third-order valence-corrected chi connectivity index (χ3v) is 4.22. The highest BCUT2D eigenvalue weighted by molar-refractivity contribution is 5.94. The van der Waals surface area contributed by atoms with E-state index in [1.807, 2.05) is 42.5 Å². The molecule has 0 radical (unpaired) electrons. The van der Waals surface area contributed by atoms with Crippen LogP contribution in [0.4, 0.5) is 5.69 Å². The van der Waals surface area contributed by atoms with Gasteiger partial charge in [-0.1, -0.05) is 24.3 Å². The van der Waals surface area contributed by atoms with E-state index in [9.17, 15) is 4.79 Å². The number of nitrogens with one attached hydrogen (secondary N) is 1. The van der Waals surface area contributed by atoms with Crippen LogP contribution in [0.25, 0.3) is 0 Å². The summed E-state index contributed by atoms with van der Waals surface area (Å²) in [6, 6.07) is 21.8. The highest BCUT2D eigenvalue weighted by atomic mass is 16.6. The van der Waals surface area contributed by atoms with Gasteiger partial charge in [0.15, 0.2) is 23.0 Å². The van der Waals surface area contributed by atoms with E-state index in [0.29, 0.717) is 34.4 Å². The Bertz CT molecular complexity index is 971. The van der Waals surface area contributed by atoms with Crippen molar-refractivity contribution >= 4 is 11.6 Å². The SMILES string of the molecule is COc1ccccc1Oc1ccc(NC(=O)C2COc3ccccc3O2)cc1. The molecule has 0 aromatic heterocycles. The average Bonchev–Trinajstić information content (AvgIpc) is 2.75. The molecule has 0 saturated carbocycles. The number of benzene rings is 3. The van der Waals surface area contributed by atoms with Crippen LogP contribution in [0.3, 0.4) is 0 Å². The molecule has 0 fully saturated rings. The smallest absolute Gasteiger partial charge is 0.269 e. The second kappa shape index (κ2) is 7.92. The fraction of sp³-hybridized carbons (Fsp3) is 0.136. The highest BCUT2D eigenvalue weighted by Crippen LogP contribution is 2.32. The fourth-order valence-electron chi connectivity index (χ4n) is 2.81. The van der Waals surface area contributed by atoms with E-state index >= 15 is 0 Å². The summed E-state index contributed by atoms with van der Waals surface area (Å²) in [5.74, 6) is 2.84. The van der Waals surface area contributed by atoms with Crippen LogP contribution in [-0.4, -0.2) is 25.7 Å². The van der Waals surface area contributed by atoms with E-state index in [4.69, 9.17) is 18.9 Å². The van der Waals surface area contributed by atoms with Gasteiger partial charge in [0.25, 0.3) is 5.91 Å². The van der Waals surface area contributed by atoms with Crippen LogP contribution < -0.4 is 24.3 Å². The topological polar surface area (TPSA) is 66.0 Å². The Balaban J connectivity index is 1.39. The standard InChI is InChI=1S/C22H19NO5/c1-25-17-6-2-4-8-19(17)27-16-12-10-15(11-13-16)23-22(24)21-14-26-18-7-3-5-9-20(18)28-21/h2-13,21H,14H2,1H3,(H,23,24). The van der Waals surface area contributed by atoms with Gasteiger partial charge in [0.2, 0.25) is 6.10 Å². The first kappa shape index (κ1) is 17.7. The Hall–Kier alpha value is -3.67. The summed E-state index contributed by atoms with van der Waals surface area (Å²) in [6.45, 7) is 0.165. The van der Waals surface area contributed by atoms with Crippen LogP contribution >= 0.6 is 0 Å². The fourth-order valence-corrected chi connectivity index (χ4v) is 2.81. The van der Waals surface area contributed by atoms with E-state index in [1.54, 1.807) is 37.4 Å². The number of anilines is 1. The van der Waals surface area contributed by atoms with Crippen molar-refractivity contribution in [1.82, 2.24) is 0 Å². The molecule has 0 bridgehead atoms. The molecule has 1 aliphatic heterocycles. The Labute approximate surface area is 162 Å². The zero-order valence-electron chi connectivity index (χ0n) is 15.3. The second-order valence-electron chi connectivity index (χ2n) is 6.13. The zero-order chi connectivity index (χ0) is 19.3. The van der Waals surface area contributed by atoms with Crippen LogP contribution in [0, 0.1) is 0 Å². The summed E-state index contributed by atoms with van der Waals surface area (Å²) >= 11 is 0. The van der Waals surface area contributed by atoms with Crippen LogP contribution in [0.1, 0.15) is 0 Å². The number of fused-ring (bicyclic) bond motifs is 1. The van der Waals surface area contributed by atoms with Crippen molar-refractivity contribution in [3.8, 4) is 28.7 Å². The number of hydrogen-bond acceptors (Lipinski definition) is 5. The van der Waals surface area contributed by atoms with Crippen LogP contribution in [0.2, 0.25) is 0 Å². The lowest BCUT2D eigenvalue weighted by Gasteiger charge is -2.25. The molecule has 1 atom stereocenters. The summed E-state index contributed by atoms with van der Waals surface area (Å²) in [4.78, 5) is 12.5. The summed E-state index contributed by atoms with van der Waals surface area (Å²) in [6.07, 6.45) is -0.709. The number of carbonyl (C=O) groups excluding carboxylic acids is 1. The van der Waals surface area contributed by atoms with Crippen LogP contribution in [-0.2, 0) is 4.79 Å². The minimum atomic E-state index is -0.709. The Morgan fingerprint density at radius 2 is 1.61 bits per heavy atom. The molecule has 28 heavy (non-hydrogen) atoms. The van der Waals surface area contributed by atoms with Gasteiger partial charge < -0.3 is 24.3 Å². The second-order valence-corrected chi connectivity index (χ2v) is 6.13. The Kier molecular flexibility index (Phi) is 5.01. The minimum absolute atomic E-state index is 0.165. The molecule has 1 N–H and O–H groups in total. The van der Waals surface area contributed by atoms with Crippen LogP contribution in [0.5, 0.6) is 28.7 Å². The maximum Gasteiger partial charge on any atom is 0.269 e. The lowest BCUT2D eigenvalue weighted by Crippen LogP contribution is -2.40. The molecule has 142 valence electrons. The predicted molar refractivity (Wildman–Crippen MR) is 104 cm³/mol. The van der Waals surface area contributed by atoms with Crippen molar-refractivity contribution in [3.63, 3.8) is 0 Å². The summed E-state index contributed by atoms with van der Waals surface area (Å²) in [7, 11) is 1.59. The van der Waals surface area contributed by atoms with Gasteiger partial charge in [0, 0.05) is 5.69 Å². The Morgan fingerprint density at radius 3 is 2.36 bits per heavy atom. The minimum Gasteiger partial charge on any atom is -0.493 e. The number of ether oxygens (including phenoxy) is 4. The maximum absolute atomic E-state index is 12.5.